The molecule has 0 saturated heterocycles. The number of rotatable bonds is 3. The molecular weight excluding hydrogens is 252 g/mol. The molecule has 1 aliphatic heterocycles. The lowest BCUT2D eigenvalue weighted by molar-refractivity contribution is 0.00735. The molecule has 2 heterocycles. The van der Waals surface area contributed by atoms with E-state index in [0.717, 1.165) is 36.8 Å². The first kappa shape index (κ1) is 13.3. The molecule has 0 fully saturated rings. The van der Waals surface area contributed by atoms with Crippen LogP contribution in [0.1, 0.15) is 24.1 Å². The lowest BCUT2D eigenvalue weighted by atomic mass is 9.95. The number of aliphatic hydroxyl groups is 1. The molecule has 20 heavy (non-hydrogen) atoms. The maximum Gasteiger partial charge on any atom is 0.147 e. The first-order valence-corrected chi connectivity index (χ1v) is 6.95. The molecule has 0 bridgehead atoms. The fraction of sp³-hybridized carbons (Fsp3) is 0.467. The molecule has 1 atom stereocenters. The van der Waals surface area contributed by atoms with Crippen LogP contribution in [0.15, 0.2) is 30.3 Å². The van der Waals surface area contributed by atoms with Gasteiger partial charge in [-0.05, 0) is 19.4 Å². The summed E-state index contributed by atoms with van der Waals surface area (Å²) in [5.74, 6) is 1.95. The third-order valence-corrected chi connectivity index (χ3v) is 3.94. The van der Waals surface area contributed by atoms with Gasteiger partial charge < -0.3 is 9.67 Å². The van der Waals surface area contributed by atoms with Crippen molar-refractivity contribution in [2.24, 2.45) is 0 Å². The standard InChI is InChI=1S/C15H20N4O/c1-12-16-17-14-10-18(8-9-19(12)14)11-15(2,20)13-6-4-3-5-7-13/h3-7,20H,8-11H2,1-2H3. The van der Waals surface area contributed by atoms with Gasteiger partial charge in [-0.1, -0.05) is 30.3 Å². The summed E-state index contributed by atoms with van der Waals surface area (Å²) in [5.41, 5.74) is 0.0987. The van der Waals surface area contributed by atoms with Crippen molar-refractivity contribution in [3.63, 3.8) is 0 Å². The third-order valence-electron chi connectivity index (χ3n) is 3.94. The van der Waals surface area contributed by atoms with Crippen LogP contribution in [-0.2, 0) is 18.7 Å². The summed E-state index contributed by atoms with van der Waals surface area (Å²) in [7, 11) is 0. The largest absolute Gasteiger partial charge is 0.384 e. The zero-order valence-electron chi connectivity index (χ0n) is 12.0. The van der Waals surface area contributed by atoms with E-state index in [4.69, 9.17) is 0 Å². The molecule has 106 valence electrons. The maximum atomic E-state index is 10.7. The summed E-state index contributed by atoms with van der Waals surface area (Å²) >= 11 is 0. The maximum absolute atomic E-state index is 10.7. The van der Waals surface area contributed by atoms with Crippen molar-refractivity contribution in [2.45, 2.75) is 32.5 Å². The quantitative estimate of drug-likeness (QED) is 0.915. The second-order valence-electron chi connectivity index (χ2n) is 5.67. The van der Waals surface area contributed by atoms with Crippen molar-refractivity contribution in [1.29, 1.82) is 0 Å². The Morgan fingerprint density at radius 3 is 2.70 bits per heavy atom. The minimum Gasteiger partial charge on any atom is -0.384 e. The molecule has 1 aromatic heterocycles. The monoisotopic (exact) mass is 272 g/mol. The minimum atomic E-state index is -0.849. The van der Waals surface area contributed by atoms with E-state index >= 15 is 0 Å². The van der Waals surface area contributed by atoms with Gasteiger partial charge in [0.15, 0.2) is 0 Å². The van der Waals surface area contributed by atoms with E-state index in [1.54, 1.807) is 0 Å². The van der Waals surface area contributed by atoms with Crippen LogP contribution in [0.5, 0.6) is 0 Å². The van der Waals surface area contributed by atoms with E-state index in [9.17, 15) is 5.11 Å². The Bertz CT molecular complexity index is 591. The number of aryl methyl sites for hydroxylation is 1. The number of aromatic nitrogens is 3. The molecule has 0 saturated carbocycles. The topological polar surface area (TPSA) is 54.2 Å². The molecule has 2 aromatic rings. The van der Waals surface area contributed by atoms with Crippen LogP contribution in [0, 0.1) is 6.92 Å². The second-order valence-corrected chi connectivity index (χ2v) is 5.67. The molecule has 0 amide bonds. The van der Waals surface area contributed by atoms with Crippen molar-refractivity contribution in [3.8, 4) is 0 Å². The fourth-order valence-corrected chi connectivity index (χ4v) is 2.81. The van der Waals surface area contributed by atoms with Gasteiger partial charge in [0.05, 0.1) is 12.1 Å². The van der Waals surface area contributed by atoms with E-state index in [1.807, 2.05) is 44.2 Å². The van der Waals surface area contributed by atoms with Crippen LogP contribution in [0.3, 0.4) is 0 Å². The van der Waals surface area contributed by atoms with Gasteiger partial charge in [-0.25, -0.2) is 0 Å². The molecular formula is C15H20N4O. The molecule has 0 spiro atoms. The van der Waals surface area contributed by atoms with Gasteiger partial charge in [0.1, 0.15) is 11.6 Å². The Kier molecular flexibility index (Phi) is 3.31. The van der Waals surface area contributed by atoms with Crippen molar-refractivity contribution in [1.82, 2.24) is 19.7 Å². The summed E-state index contributed by atoms with van der Waals surface area (Å²) in [6, 6.07) is 9.82. The van der Waals surface area contributed by atoms with E-state index in [0.29, 0.717) is 6.54 Å². The van der Waals surface area contributed by atoms with Gasteiger partial charge in [-0.15, -0.1) is 10.2 Å². The number of nitrogens with zero attached hydrogens (tertiary/aromatic N) is 4. The number of fused-ring (bicyclic) bond motifs is 1. The van der Waals surface area contributed by atoms with E-state index in [2.05, 4.69) is 19.7 Å². The zero-order valence-corrected chi connectivity index (χ0v) is 12.0. The SMILES string of the molecule is Cc1nnc2n1CCN(CC(C)(O)c1ccccc1)C2. The molecule has 1 aliphatic rings. The predicted octanol–water partition coefficient (Wildman–Crippen LogP) is 1.31. The summed E-state index contributed by atoms with van der Waals surface area (Å²) in [5, 5.41) is 19.0. The van der Waals surface area contributed by atoms with Crippen LogP contribution in [0.25, 0.3) is 0 Å². The van der Waals surface area contributed by atoms with Crippen LogP contribution < -0.4 is 0 Å². The molecule has 5 nitrogen and oxygen atoms in total. The Balaban J connectivity index is 1.73. The first-order valence-electron chi connectivity index (χ1n) is 6.95. The minimum absolute atomic E-state index is 0.600. The van der Waals surface area contributed by atoms with Crippen LogP contribution in [0.4, 0.5) is 0 Å². The van der Waals surface area contributed by atoms with E-state index in [1.165, 1.54) is 0 Å². The first-order chi connectivity index (χ1) is 9.56. The van der Waals surface area contributed by atoms with Crippen LogP contribution in [-0.4, -0.2) is 37.9 Å². The number of benzene rings is 1. The molecule has 1 aromatic carbocycles. The Morgan fingerprint density at radius 1 is 1.20 bits per heavy atom. The highest BCUT2D eigenvalue weighted by Gasteiger charge is 2.29. The number of hydrogen-bond acceptors (Lipinski definition) is 4. The van der Waals surface area contributed by atoms with Gasteiger partial charge in [0.2, 0.25) is 0 Å². The normalized spacial score (nSPS) is 18.6. The van der Waals surface area contributed by atoms with E-state index < -0.39 is 5.60 Å². The fourth-order valence-electron chi connectivity index (χ4n) is 2.81. The average Bonchev–Trinajstić information content (AvgIpc) is 2.80. The highest BCUT2D eigenvalue weighted by molar-refractivity contribution is 5.21. The molecule has 5 heteroatoms. The van der Waals surface area contributed by atoms with Gasteiger partial charge >= 0.3 is 0 Å². The summed E-state index contributed by atoms with van der Waals surface area (Å²) in [6.07, 6.45) is 0. The van der Waals surface area contributed by atoms with Gasteiger partial charge in [-0.2, -0.15) is 0 Å². The van der Waals surface area contributed by atoms with E-state index in [-0.39, 0.29) is 0 Å². The Morgan fingerprint density at radius 2 is 1.95 bits per heavy atom. The van der Waals surface area contributed by atoms with Gasteiger partial charge in [0.25, 0.3) is 0 Å². The highest BCUT2D eigenvalue weighted by atomic mass is 16.3. The third kappa shape index (κ3) is 2.46. The highest BCUT2D eigenvalue weighted by Crippen LogP contribution is 2.23. The van der Waals surface area contributed by atoms with Crippen LogP contribution in [0.2, 0.25) is 0 Å². The number of hydrogen-bond donors (Lipinski definition) is 1. The number of β-amino-alcohol motifs (C(OH)–C–C–N with tert-alkyl or cyclic N) is 1. The molecule has 1 N–H and O–H groups in total. The smallest absolute Gasteiger partial charge is 0.147 e. The predicted molar refractivity (Wildman–Crippen MR) is 76.0 cm³/mol. The molecule has 0 aliphatic carbocycles. The van der Waals surface area contributed by atoms with Crippen molar-refractivity contribution in [3.05, 3.63) is 47.5 Å². The lowest BCUT2D eigenvalue weighted by Crippen LogP contribution is -2.43. The summed E-state index contributed by atoms with van der Waals surface area (Å²) in [6.45, 7) is 6.99. The molecule has 1 unspecified atom stereocenters. The Hall–Kier alpha value is -1.72. The van der Waals surface area contributed by atoms with Gasteiger partial charge in [0, 0.05) is 19.6 Å². The molecule has 3 rings (SSSR count). The van der Waals surface area contributed by atoms with Crippen molar-refractivity contribution < 1.29 is 5.11 Å². The summed E-state index contributed by atoms with van der Waals surface area (Å²) in [4.78, 5) is 2.23. The molecule has 0 radical (unpaired) electrons. The average molecular weight is 272 g/mol. The van der Waals surface area contributed by atoms with Crippen molar-refractivity contribution in [2.75, 3.05) is 13.1 Å². The Labute approximate surface area is 118 Å². The summed E-state index contributed by atoms with van der Waals surface area (Å²) < 4.78 is 2.15. The zero-order chi connectivity index (χ0) is 14.2. The second kappa shape index (κ2) is 5.00. The van der Waals surface area contributed by atoms with Crippen LogP contribution >= 0.6 is 0 Å². The lowest BCUT2D eigenvalue weighted by Gasteiger charge is -2.34. The van der Waals surface area contributed by atoms with Crippen molar-refractivity contribution >= 4 is 0 Å². The van der Waals surface area contributed by atoms with Gasteiger partial charge in [-0.3, -0.25) is 4.90 Å².